The van der Waals surface area contributed by atoms with E-state index in [9.17, 15) is 14.4 Å². The molecule has 2 N–H and O–H groups in total. The molecule has 0 aliphatic heterocycles. The molecule has 1 amide bonds. The molecule has 0 bridgehead atoms. The summed E-state index contributed by atoms with van der Waals surface area (Å²) in [6.45, 7) is 5.48. The maximum atomic E-state index is 12.6. The standard InChI is InChI=1S/C18H30N2O5/c1-4-5-6-16(25-14-8-9-14)17(22)20-15(10-7-13(21)11-19)18(23)24-12(2)3/h11-12,14-16,19H,4-10H2,1-3H3,(H,20,22)/t15-,16-/m0/s1. The van der Waals surface area contributed by atoms with E-state index >= 15 is 0 Å². The number of rotatable bonds is 13. The Morgan fingerprint density at radius 1 is 1.24 bits per heavy atom. The van der Waals surface area contributed by atoms with Gasteiger partial charge in [0.2, 0.25) is 5.91 Å². The van der Waals surface area contributed by atoms with E-state index in [0.717, 1.165) is 25.7 Å². The van der Waals surface area contributed by atoms with Crippen molar-refractivity contribution in [2.24, 2.45) is 0 Å². The van der Waals surface area contributed by atoms with Gasteiger partial charge in [-0.2, -0.15) is 0 Å². The molecule has 0 aromatic heterocycles. The number of nitrogens with one attached hydrogen (secondary N) is 2. The van der Waals surface area contributed by atoms with Crippen molar-refractivity contribution >= 4 is 23.9 Å². The quantitative estimate of drug-likeness (QED) is 0.389. The summed E-state index contributed by atoms with van der Waals surface area (Å²) in [5.74, 6) is -1.30. The van der Waals surface area contributed by atoms with Crippen LogP contribution in [0.15, 0.2) is 0 Å². The second kappa shape index (κ2) is 11.0. The number of amides is 1. The van der Waals surface area contributed by atoms with Gasteiger partial charge in [0.05, 0.1) is 18.4 Å². The molecule has 0 spiro atoms. The van der Waals surface area contributed by atoms with Gasteiger partial charge >= 0.3 is 5.97 Å². The summed E-state index contributed by atoms with van der Waals surface area (Å²) in [5.41, 5.74) is 0. The number of esters is 1. The fourth-order valence-electron chi connectivity index (χ4n) is 2.27. The van der Waals surface area contributed by atoms with Gasteiger partial charge in [-0.3, -0.25) is 9.59 Å². The summed E-state index contributed by atoms with van der Waals surface area (Å²) in [5, 5.41) is 9.62. The molecule has 0 heterocycles. The van der Waals surface area contributed by atoms with Crippen LogP contribution in [0.3, 0.4) is 0 Å². The first kappa shape index (κ1) is 21.3. The Hall–Kier alpha value is -1.76. The minimum Gasteiger partial charge on any atom is -0.461 e. The topological polar surface area (TPSA) is 106 Å². The van der Waals surface area contributed by atoms with Crippen LogP contribution in [-0.4, -0.2) is 48.2 Å². The molecule has 1 aliphatic rings. The monoisotopic (exact) mass is 354 g/mol. The third-order valence-corrected chi connectivity index (χ3v) is 3.79. The maximum Gasteiger partial charge on any atom is 0.328 e. The molecule has 1 saturated carbocycles. The highest BCUT2D eigenvalue weighted by atomic mass is 16.5. The minimum atomic E-state index is -0.911. The van der Waals surface area contributed by atoms with Crippen LogP contribution in [0, 0.1) is 5.41 Å². The van der Waals surface area contributed by atoms with Crippen molar-refractivity contribution in [3.63, 3.8) is 0 Å². The zero-order valence-electron chi connectivity index (χ0n) is 15.4. The predicted molar refractivity (Wildman–Crippen MR) is 93.6 cm³/mol. The largest absolute Gasteiger partial charge is 0.461 e. The van der Waals surface area contributed by atoms with E-state index < -0.39 is 23.9 Å². The summed E-state index contributed by atoms with van der Waals surface area (Å²) in [6.07, 6.45) is 4.39. The second-order valence-corrected chi connectivity index (χ2v) is 6.66. The molecule has 0 saturated heterocycles. The molecule has 7 nitrogen and oxygen atoms in total. The van der Waals surface area contributed by atoms with Crippen LogP contribution >= 0.6 is 0 Å². The van der Waals surface area contributed by atoms with Crippen LogP contribution in [0.4, 0.5) is 0 Å². The maximum absolute atomic E-state index is 12.6. The van der Waals surface area contributed by atoms with Crippen molar-refractivity contribution in [3.05, 3.63) is 0 Å². The van der Waals surface area contributed by atoms with E-state index in [1.807, 2.05) is 6.92 Å². The van der Waals surface area contributed by atoms with E-state index in [1.54, 1.807) is 13.8 Å². The van der Waals surface area contributed by atoms with Crippen LogP contribution in [0.5, 0.6) is 0 Å². The highest BCUT2D eigenvalue weighted by Crippen LogP contribution is 2.26. The van der Waals surface area contributed by atoms with Crippen molar-refractivity contribution in [1.82, 2.24) is 5.32 Å². The van der Waals surface area contributed by atoms with Gasteiger partial charge in [-0.1, -0.05) is 19.8 Å². The van der Waals surface area contributed by atoms with Crippen LogP contribution in [0.2, 0.25) is 0 Å². The van der Waals surface area contributed by atoms with Gasteiger partial charge in [0, 0.05) is 6.42 Å². The number of ketones is 1. The molecule has 7 heteroatoms. The van der Waals surface area contributed by atoms with Crippen molar-refractivity contribution in [2.75, 3.05) is 0 Å². The lowest BCUT2D eigenvalue weighted by atomic mass is 10.1. The van der Waals surface area contributed by atoms with Crippen molar-refractivity contribution in [3.8, 4) is 0 Å². The zero-order valence-corrected chi connectivity index (χ0v) is 15.4. The molecule has 2 atom stereocenters. The van der Waals surface area contributed by atoms with Crippen molar-refractivity contribution in [1.29, 1.82) is 5.41 Å². The van der Waals surface area contributed by atoms with Gasteiger partial charge in [0.1, 0.15) is 12.1 Å². The molecule has 0 aromatic rings. The lowest BCUT2D eigenvalue weighted by molar-refractivity contribution is -0.153. The first-order chi connectivity index (χ1) is 11.9. The van der Waals surface area contributed by atoms with E-state index in [1.165, 1.54) is 0 Å². The first-order valence-corrected chi connectivity index (χ1v) is 9.07. The van der Waals surface area contributed by atoms with Crippen LogP contribution in [-0.2, 0) is 23.9 Å². The van der Waals surface area contributed by atoms with E-state index in [4.69, 9.17) is 14.9 Å². The molecule has 1 fully saturated rings. The summed E-state index contributed by atoms with van der Waals surface area (Å²) >= 11 is 0. The number of carbonyl (C=O) groups excluding carboxylic acids is 3. The van der Waals surface area contributed by atoms with E-state index in [-0.39, 0.29) is 31.0 Å². The smallest absolute Gasteiger partial charge is 0.328 e. The summed E-state index contributed by atoms with van der Waals surface area (Å²) in [4.78, 5) is 36.1. The van der Waals surface area contributed by atoms with Gasteiger partial charge in [-0.15, -0.1) is 0 Å². The van der Waals surface area contributed by atoms with Crippen LogP contribution < -0.4 is 5.32 Å². The molecule has 25 heavy (non-hydrogen) atoms. The van der Waals surface area contributed by atoms with Crippen LogP contribution in [0.25, 0.3) is 0 Å². The Labute approximate surface area is 149 Å². The van der Waals surface area contributed by atoms with Crippen molar-refractivity contribution < 1.29 is 23.9 Å². The Balaban J connectivity index is 2.69. The Bertz CT molecular complexity index is 474. The van der Waals surface area contributed by atoms with E-state index in [0.29, 0.717) is 12.6 Å². The molecule has 142 valence electrons. The van der Waals surface area contributed by atoms with Gasteiger partial charge < -0.3 is 20.2 Å². The Morgan fingerprint density at radius 3 is 2.44 bits per heavy atom. The molecular formula is C18H30N2O5. The van der Waals surface area contributed by atoms with Gasteiger partial charge in [0.15, 0.2) is 5.78 Å². The highest BCUT2D eigenvalue weighted by Gasteiger charge is 2.32. The number of carbonyl (C=O) groups is 3. The number of Topliss-reactive ketones (excluding diaryl/α,β-unsaturated/α-hetero) is 1. The lowest BCUT2D eigenvalue weighted by Crippen LogP contribution is -2.47. The third-order valence-electron chi connectivity index (χ3n) is 3.79. The Morgan fingerprint density at radius 2 is 1.92 bits per heavy atom. The SMILES string of the molecule is CCCC[C@H](OC1CC1)C(=O)N[C@@H](CCC(=O)C=N)C(=O)OC(C)C. The number of hydrogen-bond acceptors (Lipinski definition) is 6. The molecule has 0 unspecified atom stereocenters. The van der Waals surface area contributed by atoms with Crippen LogP contribution in [0.1, 0.15) is 65.7 Å². The van der Waals surface area contributed by atoms with E-state index in [2.05, 4.69) is 5.32 Å². The zero-order chi connectivity index (χ0) is 18.8. The summed E-state index contributed by atoms with van der Waals surface area (Å²) in [6, 6.07) is -0.911. The highest BCUT2D eigenvalue weighted by molar-refractivity contribution is 6.26. The molecule has 0 aromatic carbocycles. The fraction of sp³-hybridized carbons (Fsp3) is 0.778. The lowest BCUT2D eigenvalue weighted by Gasteiger charge is -2.22. The number of ether oxygens (including phenoxy) is 2. The van der Waals surface area contributed by atoms with Gasteiger partial charge in [-0.25, -0.2) is 4.79 Å². The average Bonchev–Trinajstić information content (AvgIpc) is 3.37. The number of unbranched alkanes of at least 4 members (excludes halogenated alkanes) is 1. The summed E-state index contributed by atoms with van der Waals surface area (Å²) < 4.78 is 10.9. The number of hydrogen-bond donors (Lipinski definition) is 2. The Kier molecular flexibility index (Phi) is 9.34. The minimum absolute atomic E-state index is 0.00471. The molecular weight excluding hydrogens is 324 g/mol. The fourth-order valence-corrected chi connectivity index (χ4v) is 2.27. The first-order valence-electron chi connectivity index (χ1n) is 9.07. The normalized spacial score (nSPS) is 16.2. The average molecular weight is 354 g/mol. The third kappa shape index (κ3) is 8.77. The van der Waals surface area contributed by atoms with Gasteiger partial charge in [-0.05, 0) is 39.5 Å². The van der Waals surface area contributed by atoms with Gasteiger partial charge in [0.25, 0.3) is 0 Å². The second-order valence-electron chi connectivity index (χ2n) is 6.66. The molecule has 0 radical (unpaired) electrons. The molecule has 1 aliphatic carbocycles. The predicted octanol–water partition coefficient (Wildman–Crippen LogP) is 2.16. The van der Waals surface area contributed by atoms with Crippen molar-refractivity contribution in [2.45, 2.75) is 90.1 Å². The molecule has 1 rings (SSSR count). The summed E-state index contributed by atoms with van der Waals surface area (Å²) in [7, 11) is 0.